The van der Waals surface area contributed by atoms with Crippen LogP contribution in [0, 0.1) is 0 Å². The van der Waals surface area contributed by atoms with Crippen molar-refractivity contribution in [2.24, 2.45) is 4.99 Å². The van der Waals surface area contributed by atoms with Crippen molar-refractivity contribution in [1.82, 2.24) is 0 Å². The molecule has 1 N–H and O–H groups in total. The number of phenols is 1. The maximum atomic E-state index is 10.1. The van der Waals surface area contributed by atoms with Crippen molar-refractivity contribution in [2.45, 2.75) is 52.4 Å². The number of hydrogen-bond acceptors (Lipinski definition) is 4. The molecule has 0 unspecified atom stereocenters. The molecule has 0 amide bonds. The molecule has 0 aliphatic rings. The number of aromatic hydroxyl groups is 1. The van der Waals surface area contributed by atoms with E-state index in [2.05, 4.69) is 18.8 Å². The van der Waals surface area contributed by atoms with Crippen LogP contribution in [0.5, 0.6) is 17.2 Å². The molecule has 0 aliphatic carbocycles. The Bertz CT molecular complexity index is 695. The van der Waals surface area contributed by atoms with Gasteiger partial charge in [-0.1, -0.05) is 39.5 Å². The van der Waals surface area contributed by atoms with Crippen LogP contribution in [0.4, 0.5) is 5.69 Å². The normalized spacial score (nSPS) is 11.0. The van der Waals surface area contributed by atoms with Crippen LogP contribution in [-0.4, -0.2) is 24.5 Å². The third-order valence-corrected chi connectivity index (χ3v) is 4.22. The van der Waals surface area contributed by atoms with Gasteiger partial charge in [-0.25, -0.2) is 0 Å². The lowest BCUT2D eigenvalue weighted by molar-refractivity contribution is 0.305. The maximum Gasteiger partial charge on any atom is 0.128 e. The van der Waals surface area contributed by atoms with Crippen molar-refractivity contribution in [3.63, 3.8) is 0 Å². The Labute approximate surface area is 162 Å². The minimum Gasteiger partial charge on any atom is -0.507 e. The van der Waals surface area contributed by atoms with Crippen molar-refractivity contribution < 1.29 is 14.6 Å². The molecule has 0 heterocycles. The maximum absolute atomic E-state index is 10.1. The summed E-state index contributed by atoms with van der Waals surface area (Å²) in [7, 11) is 0. The van der Waals surface area contributed by atoms with Gasteiger partial charge in [-0.05, 0) is 49.2 Å². The molecule has 146 valence electrons. The summed E-state index contributed by atoms with van der Waals surface area (Å²) in [6, 6.07) is 13.0. The van der Waals surface area contributed by atoms with E-state index in [-0.39, 0.29) is 5.75 Å². The van der Waals surface area contributed by atoms with E-state index in [1.807, 2.05) is 36.4 Å². The molecule has 0 aliphatic heterocycles. The summed E-state index contributed by atoms with van der Waals surface area (Å²) in [5, 5.41) is 10.1. The third kappa shape index (κ3) is 7.73. The molecule has 0 spiro atoms. The molecule has 27 heavy (non-hydrogen) atoms. The largest absolute Gasteiger partial charge is 0.507 e. The summed E-state index contributed by atoms with van der Waals surface area (Å²) in [6.07, 6.45) is 8.54. The standard InChI is InChI=1S/C23H31NO3/c1-3-5-7-8-16-26-21-13-10-20(11-14-21)24-18-19-9-12-22(17-23(19)25)27-15-6-4-2/h9-14,17-18,25H,3-8,15-16H2,1-2H3. The fraction of sp³-hybridized carbons (Fsp3) is 0.435. The molecule has 0 bridgehead atoms. The fourth-order valence-electron chi connectivity index (χ4n) is 2.55. The zero-order valence-electron chi connectivity index (χ0n) is 16.5. The fourth-order valence-corrected chi connectivity index (χ4v) is 2.55. The predicted octanol–water partition coefficient (Wildman–Crippen LogP) is 6.28. The average molecular weight is 370 g/mol. The van der Waals surface area contributed by atoms with E-state index < -0.39 is 0 Å². The molecule has 0 atom stereocenters. The van der Waals surface area contributed by atoms with Gasteiger partial charge in [0.15, 0.2) is 0 Å². The third-order valence-electron chi connectivity index (χ3n) is 4.22. The van der Waals surface area contributed by atoms with Gasteiger partial charge in [-0.3, -0.25) is 4.99 Å². The molecular weight excluding hydrogens is 338 g/mol. The zero-order chi connectivity index (χ0) is 19.3. The van der Waals surface area contributed by atoms with E-state index in [1.165, 1.54) is 19.3 Å². The monoisotopic (exact) mass is 369 g/mol. The number of rotatable bonds is 12. The molecule has 2 aromatic rings. The topological polar surface area (TPSA) is 51.0 Å². The first-order valence-corrected chi connectivity index (χ1v) is 9.95. The Morgan fingerprint density at radius 3 is 2.19 bits per heavy atom. The van der Waals surface area contributed by atoms with Crippen LogP contribution in [0.1, 0.15) is 57.9 Å². The van der Waals surface area contributed by atoms with Crippen molar-refractivity contribution in [3.8, 4) is 17.2 Å². The summed E-state index contributed by atoms with van der Waals surface area (Å²) >= 11 is 0. The van der Waals surface area contributed by atoms with Gasteiger partial charge in [-0.15, -0.1) is 0 Å². The van der Waals surface area contributed by atoms with Gasteiger partial charge in [0.05, 0.1) is 18.9 Å². The number of nitrogens with zero attached hydrogens (tertiary/aromatic N) is 1. The van der Waals surface area contributed by atoms with Crippen LogP contribution in [0.2, 0.25) is 0 Å². The Kier molecular flexibility index (Phi) is 9.25. The van der Waals surface area contributed by atoms with Crippen LogP contribution < -0.4 is 9.47 Å². The minimum absolute atomic E-state index is 0.166. The van der Waals surface area contributed by atoms with Gasteiger partial charge in [-0.2, -0.15) is 0 Å². The second-order valence-corrected chi connectivity index (χ2v) is 6.58. The predicted molar refractivity (Wildman–Crippen MR) is 112 cm³/mol. The van der Waals surface area contributed by atoms with Gasteiger partial charge >= 0.3 is 0 Å². The summed E-state index contributed by atoms with van der Waals surface area (Å²) in [6.45, 7) is 5.74. The Hall–Kier alpha value is -2.49. The van der Waals surface area contributed by atoms with Crippen molar-refractivity contribution in [3.05, 3.63) is 48.0 Å². The number of unbranched alkanes of at least 4 members (excludes halogenated alkanes) is 4. The first kappa shape index (κ1) is 20.8. The zero-order valence-corrected chi connectivity index (χ0v) is 16.5. The Morgan fingerprint density at radius 2 is 1.48 bits per heavy atom. The molecule has 2 rings (SSSR count). The highest BCUT2D eigenvalue weighted by atomic mass is 16.5. The second-order valence-electron chi connectivity index (χ2n) is 6.58. The molecule has 0 fully saturated rings. The van der Waals surface area contributed by atoms with E-state index >= 15 is 0 Å². The lowest BCUT2D eigenvalue weighted by Crippen LogP contribution is -1.96. The van der Waals surface area contributed by atoms with Gasteiger partial charge in [0.1, 0.15) is 17.2 Å². The summed E-state index contributed by atoms with van der Waals surface area (Å²) < 4.78 is 11.3. The lowest BCUT2D eigenvalue weighted by Gasteiger charge is -2.07. The van der Waals surface area contributed by atoms with Crippen molar-refractivity contribution >= 4 is 11.9 Å². The number of aliphatic imine (C=N–C) groups is 1. The van der Waals surface area contributed by atoms with Crippen LogP contribution >= 0.6 is 0 Å². The molecule has 4 nitrogen and oxygen atoms in total. The molecule has 2 aromatic carbocycles. The SMILES string of the molecule is CCCCCCOc1ccc(N=Cc2ccc(OCCCC)cc2O)cc1. The van der Waals surface area contributed by atoms with E-state index in [1.54, 1.807) is 12.3 Å². The van der Waals surface area contributed by atoms with E-state index in [9.17, 15) is 5.11 Å². The highest BCUT2D eigenvalue weighted by Gasteiger charge is 2.02. The Morgan fingerprint density at radius 1 is 0.815 bits per heavy atom. The number of ether oxygens (including phenoxy) is 2. The van der Waals surface area contributed by atoms with Gasteiger partial charge < -0.3 is 14.6 Å². The molecule has 0 radical (unpaired) electrons. The number of phenolic OH excluding ortho intramolecular Hbond substituents is 1. The van der Waals surface area contributed by atoms with Crippen LogP contribution in [0.15, 0.2) is 47.5 Å². The van der Waals surface area contributed by atoms with E-state index in [0.717, 1.165) is 37.3 Å². The highest BCUT2D eigenvalue weighted by molar-refractivity contribution is 5.85. The molecular formula is C23H31NO3. The summed E-state index contributed by atoms with van der Waals surface area (Å²) in [4.78, 5) is 4.42. The molecule has 0 saturated heterocycles. The van der Waals surface area contributed by atoms with Crippen LogP contribution in [-0.2, 0) is 0 Å². The van der Waals surface area contributed by atoms with E-state index in [0.29, 0.717) is 17.9 Å². The Balaban J connectivity index is 1.86. The second kappa shape index (κ2) is 12.0. The lowest BCUT2D eigenvalue weighted by atomic mass is 10.2. The number of hydrogen-bond donors (Lipinski definition) is 1. The summed E-state index contributed by atoms with van der Waals surface area (Å²) in [5.41, 5.74) is 1.48. The smallest absolute Gasteiger partial charge is 0.128 e. The van der Waals surface area contributed by atoms with Crippen LogP contribution in [0.3, 0.4) is 0 Å². The first-order valence-electron chi connectivity index (χ1n) is 9.95. The van der Waals surface area contributed by atoms with Gasteiger partial charge in [0.25, 0.3) is 0 Å². The molecule has 0 aromatic heterocycles. The molecule has 0 saturated carbocycles. The number of benzene rings is 2. The average Bonchev–Trinajstić information content (AvgIpc) is 2.68. The molecule has 4 heteroatoms. The van der Waals surface area contributed by atoms with E-state index in [4.69, 9.17) is 9.47 Å². The van der Waals surface area contributed by atoms with Crippen molar-refractivity contribution in [1.29, 1.82) is 0 Å². The van der Waals surface area contributed by atoms with Crippen molar-refractivity contribution in [2.75, 3.05) is 13.2 Å². The van der Waals surface area contributed by atoms with Gasteiger partial charge in [0.2, 0.25) is 0 Å². The quantitative estimate of drug-likeness (QED) is 0.354. The highest BCUT2D eigenvalue weighted by Crippen LogP contribution is 2.24. The van der Waals surface area contributed by atoms with Crippen LogP contribution in [0.25, 0.3) is 0 Å². The first-order chi connectivity index (χ1) is 13.2. The minimum atomic E-state index is 0.166. The van der Waals surface area contributed by atoms with Gasteiger partial charge in [0, 0.05) is 17.8 Å². The summed E-state index contributed by atoms with van der Waals surface area (Å²) in [5.74, 6) is 1.71.